The van der Waals surface area contributed by atoms with E-state index in [2.05, 4.69) is 101 Å². The molecule has 0 unspecified atom stereocenters. The second-order valence-corrected chi connectivity index (χ2v) is 39.5. The Morgan fingerprint density at radius 3 is 1.12 bits per heavy atom. The van der Waals surface area contributed by atoms with Crippen LogP contribution >= 0.6 is 63.4 Å². The summed E-state index contributed by atoms with van der Waals surface area (Å²) in [5.74, 6) is 4.65. The van der Waals surface area contributed by atoms with Crippen LogP contribution in [-0.4, -0.2) is 19.7 Å². The van der Waals surface area contributed by atoms with Crippen molar-refractivity contribution in [1.82, 2.24) is 0 Å². The molecule has 8 rings (SSSR count). The summed E-state index contributed by atoms with van der Waals surface area (Å²) in [5, 5.41) is 6.60. The van der Waals surface area contributed by atoms with Gasteiger partial charge in [0.15, 0.2) is 11.5 Å². The molecule has 0 saturated carbocycles. The normalized spacial score (nSPS) is 11.0. The van der Waals surface area contributed by atoms with Gasteiger partial charge < -0.3 is 18.3 Å². The maximum atomic E-state index is 6.39. The van der Waals surface area contributed by atoms with Crippen LogP contribution in [0.5, 0.6) is 11.5 Å². The van der Waals surface area contributed by atoms with E-state index in [4.69, 9.17) is 81.7 Å². The SMILES string of the molecule is COc1c(Cl)cc(-c2c(C)ccc3[cH-]c(-c4cc(C)c(C)o4)cc23)cc1Cl.COc1c(Cl)cc(-c2c(C)ccc3[cH-]c(-c4cc(C)c(C)o4)cc23)cc1Cl.C[Si](C)=[Zr]([Cl])[Cl]. The fraction of sp³-hybridized carbons (Fsp3) is 0.208. The monoisotopic (exact) mass is 1010 g/mol. The van der Waals surface area contributed by atoms with Crippen molar-refractivity contribution in [1.29, 1.82) is 0 Å². The number of rotatable bonds is 6. The average Bonchev–Trinajstić information content (AvgIpc) is 3.97. The van der Waals surface area contributed by atoms with E-state index >= 15 is 0 Å². The molecule has 0 atom stereocenters. The van der Waals surface area contributed by atoms with E-state index in [0.29, 0.717) is 31.6 Å². The summed E-state index contributed by atoms with van der Waals surface area (Å²) in [4.78, 5) is 0. The van der Waals surface area contributed by atoms with Gasteiger partial charge in [-0.25, -0.2) is 0 Å². The van der Waals surface area contributed by atoms with Crippen molar-refractivity contribution >= 4 is 90.4 Å². The number of aryl methyl sites for hydroxylation is 6. The molecule has 12 heteroatoms. The van der Waals surface area contributed by atoms with Crippen LogP contribution < -0.4 is 9.47 Å². The fourth-order valence-electron chi connectivity index (χ4n) is 7.06. The second-order valence-electron chi connectivity index (χ2n) is 14.9. The molecule has 0 amide bonds. The van der Waals surface area contributed by atoms with Crippen molar-refractivity contribution in [2.45, 2.75) is 54.6 Å². The molecule has 0 spiro atoms. The first-order valence-corrected chi connectivity index (χ1v) is 33.0. The minimum absolute atomic E-state index is 0.224. The summed E-state index contributed by atoms with van der Waals surface area (Å²) in [7, 11) is 14.4. The summed E-state index contributed by atoms with van der Waals surface area (Å²) >= 11 is 23.9. The van der Waals surface area contributed by atoms with Crippen LogP contribution in [0.2, 0.25) is 33.2 Å². The van der Waals surface area contributed by atoms with Crippen LogP contribution in [0.4, 0.5) is 0 Å². The Balaban J connectivity index is 0.000000177. The molecule has 0 bridgehead atoms. The summed E-state index contributed by atoms with van der Waals surface area (Å²) in [6.07, 6.45) is 0. The zero-order chi connectivity index (χ0) is 43.7. The molecule has 0 N–H and O–H groups in total. The standard InChI is InChI=1S/2C23H19Cl2O2.C2H6Si.2ClH.Zr/c2*1-12-5-6-15-8-16(21-7-13(2)14(3)27-21)9-18(15)22(12)17-10-19(24)23(26-4)20(25)11-17;1-3-2;;;/h2*5-11H,1-4H3;1-2H3;2*1H;/q2*-1;;;;+2/p-2. The van der Waals surface area contributed by atoms with Gasteiger partial charge in [0.2, 0.25) is 0 Å². The summed E-state index contributed by atoms with van der Waals surface area (Å²) in [5.41, 5.74) is 10.7. The Morgan fingerprint density at radius 1 is 0.517 bits per heavy atom. The maximum absolute atomic E-state index is 6.39. The first-order chi connectivity index (χ1) is 28.4. The fourth-order valence-corrected chi connectivity index (χ4v) is 8.34. The van der Waals surface area contributed by atoms with Gasteiger partial charge in [0.1, 0.15) is 0 Å². The zero-order valence-corrected chi connectivity index (χ0v) is 43.0. The van der Waals surface area contributed by atoms with Crippen LogP contribution in [-0.2, 0) is 18.0 Å². The Hall–Kier alpha value is -2.90. The van der Waals surface area contributed by atoms with E-state index in [1.165, 1.54) is 0 Å². The van der Waals surface area contributed by atoms with Crippen molar-refractivity contribution in [3.63, 3.8) is 0 Å². The Kier molecular flexibility index (Phi) is 15.3. The van der Waals surface area contributed by atoms with Gasteiger partial charge in [-0.2, -0.15) is 0 Å². The quantitative estimate of drug-likeness (QED) is 0.123. The van der Waals surface area contributed by atoms with Crippen molar-refractivity contribution in [3.05, 3.63) is 139 Å². The van der Waals surface area contributed by atoms with Crippen molar-refractivity contribution in [2.24, 2.45) is 0 Å². The van der Waals surface area contributed by atoms with Crippen LogP contribution in [0.25, 0.3) is 66.4 Å². The third kappa shape index (κ3) is 9.98. The first-order valence-electron chi connectivity index (χ1n) is 19.0. The van der Waals surface area contributed by atoms with E-state index in [9.17, 15) is 0 Å². The predicted octanol–water partition coefficient (Wildman–Crippen LogP) is 17.6. The molecule has 0 aliphatic rings. The Labute approximate surface area is 387 Å². The number of hydrogen-bond donors (Lipinski definition) is 0. The van der Waals surface area contributed by atoms with E-state index in [0.717, 1.165) is 100 Å². The third-order valence-electron chi connectivity index (χ3n) is 10.5. The predicted molar refractivity (Wildman–Crippen MR) is 256 cm³/mol. The Morgan fingerprint density at radius 2 is 0.850 bits per heavy atom. The number of halogens is 6. The molecule has 0 fully saturated rings. The van der Waals surface area contributed by atoms with E-state index in [1.807, 2.05) is 38.1 Å². The molecule has 0 saturated heterocycles. The topological polar surface area (TPSA) is 44.7 Å². The molecule has 312 valence electrons. The number of benzene rings is 4. The van der Waals surface area contributed by atoms with Crippen LogP contribution in [0, 0.1) is 41.5 Å². The molecule has 2 aromatic heterocycles. The van der Waals surface area contributed by atoms with E-state index in [-0.39, 0.29) is 5.43 Å². The van der Waals surface area contributed by atoms with Gasteiger partial charge in [0, 0.05) is 0 Å². The molecular formula is C48H44Cl6O4SiZr-2. The summed E-state index contributed by atoms with van der Waals surface area (Å²) in [6, 6.07) is 28.9. The van der Waals surface area contributed by atoms with Gasteiger partial charge in [-0.15, -0.1) is 57.9 Å². The molecule has 60 heavy (non-hydrogen) atoms. The van der Waals surface area contributed by atoms with Gasteiger partial charge in [0.25, 0.3) is 0 Å². The van der Waals surface area contributed by atoms with Crippen LogP contribution in [0.15, 0.2) is 93.8 Å². The second kappa shape index (κ2) is 19.7. The van der Waals surface area contributed by atoms with Gasteiger partial charge in [-0.1, -0.05) is 80.8 Å². The van der Waals surface area contributed by atoms with Gasteiger partial charge in [-0.3, -0.25) is 0 Å². The molecule has 8 aromatic rings. The van der Waals surface area contributed by atoms with Crippen molar-refractivity contribution in [2.75, 3.05) is 14.2 Å². The van der Waals surface area contributed by atoms with Gasteiger partial charge in [-0.05, 0) is 111 Å². The number of ether oxygens (including phenoxy) is 2. The van der Waals surface area contributed by atoms with Gasteiger partial charge in [0.05, 0.1) is 57.4 Å². The minimum atomic E-state index is -1.65. The molecular weight excluding hydrogens is 973 g/mol. The zero-order valence-electron chi connectivity index (χ0n) is 35.0. The number of methoxy groups -OCH3 is 2. The van der Waals surface area contributed by atoms with Gasteiger partial charge >= 0.3 is 53.5 Å². The third-order valence-corrected chi connectivity index (χ3v) is 31.3. The Bertz CT molecular complexity index is 2620. The molecule has 0 aliphatic carbocycles. The summed E-state index contributed by atoms with van der Waals surface area (Å²) in [6.45, 7) is 16.6. The van der Waals surface area contributed by atoms with Crippen molar-refractivity contribution < 1.29 is 36.3 Å². The average molecular weight is 1020 g/mol. The first kappa shape index (κ1) is 46.6. The van der Waals surface area contributed by atoms with E-state index in [1.54, 1.807) is 14.2 Å². The van der Waals surface area contributed by atoms with Crippen LogP contribution in [0.1, 0.15) is 33.8 Å². The summed E-state index contributed by atoms with van der Waals surface area (Å²) < 4.78 is 22.4. The number of furan rings is 2. The molecule has 0 aliphatic heterocycles. The van der Waals surface area contributed by atoms with Crippen LogP contribution in [0.3, 0.4) is 0 Å². The number of hydrogen-bond acceptors (Lipinski definition) is 4. The van der Waals surface area contributed by atoms with E-state index < -0.39 is 18.0 Å². The molecule has 0 radical (unpaired) electrons. The van der Waals surface area contributed by atoms with Crippen molar-refractivity contribution in [3.8, 4) is 56.4 Å². The molecule has 4 nitrogen and oxygen atoms in total. The molecule has 6 aromatic carbocycles. The molecule has 2 heterocycles. The number of fused-ring (bicyclic) bond motifs is 2.